The van der Waals surface area contributed by atoms with Gasteiger partial charge >= 0.3 is 0 Å². The van der Waals surface area contributed by atoms with E-state index in [1.807, 2.05) is 43.3 Å². The third-order valence-corrected chi connectivity index (χ3v) is 2.43. The number of rotatable bonds is 1. The molecule has 0 saturated heterocycles. The SMILES string of the molecule is CCc1ccc(N)cc1.Cc1cccc(N)c1. The molecule has 0 amide bonds. The van der Waals surface area contributed by atoms with Crippen LogP contribution in [0, 0.1) is 6.92 Å². The molecule has 0 aliphatic heterocycles. The molecule has 2 aromatic rings. The molecule has 0 atom stereocenters. The molecule has 0 aliphatic rings. The Morgan fingerprint density at radius 2 is 1.53 bits per heavy atom. The van der Waals surface area contributed by atoms with Crippen LogP contribution in [-0.2, 0) is 6.42 Å². The lowest BCUT2D eigenvalue weighted by Crippen LogP contribution is -1.84. The molecule has 0 aliphatic carbocycles. The van der Waals surface area contributed by atoms with Gasteiger partial charge in [-0.1, -0.05) is 31.2 Å². The summed E-state index contributed by atoms with van der Waals surface area (Å²) in [4.78, 5) is 0. The van der Waals surface area contributed by atoms with Crippen molar-refractivity contribution in [2.45, 2.75) is 20.3 Å². The topological polar surface area (TPSA) is 52.0 Å². The Hall–Kier alpha value is -1.96. The van der Waals surface area contributed by atoms with E-state index in [0.717, 1.165) is 17.8 Å². The summed E-state index contributed by atoms with van der Waals surface area (Å²) in [6, 6.07) is 15.8. The van der Waals surface area contributed by atoms with Crippen LogP contribution in [0.15, 0.2) is 48.5 Å². The second-order valence-electron chi connectivity index (χ2n) is 4.01. The van der Waals surface area contributed by atoms with Gasteiger partial charge in [-0.15, -0.1) is 0 Å². The average molecular weight is 228 g/mol. The van der Waals surface area contributed by atoms with Crippen LogP contribution < -0.4 is 11.5 Å². The first-order valence-electron chi connectivity index (χ1n) is 5.78. The Morgan fingerprint density at radius 3 is 1.94 bits per heavy atom. The summed E-state index contributed by atoms with van der Waals surface area (Å²) < 4.78 is 0. The van der Waals surface area contributed by atoms with Gasteiger partial charge in [0.15, 0.2) is 0 Å². The van der Waals surface area contributed by atoms with Gasteiger partial charge in [0, 0.05) is 11.4 Å². The standard InChI is InChI=1S/C8H11N.C7H9N/c1-2-7-3-5-8(9)6-4-7;1-6-3-2-4-7(8)5-6/h3-6H,2,9H2,1H3;2-5H,8H2,1H3. The van der Waals surface area contributed by atoms with Gasteiger partial charge in [-0.3, -0.25) is 0 Å². The Kier molecular flexibility index (Phi) is 5.08. The molecule has 2 nitrogen and oxygen atoms in total. The summed E-state index contributed by atoms with van der Waals surface area (Å²) in [6.45, 7) is 4.15. The summed E-state index contributed by atoms with van der Waals surface area (Å²) in [6.07, 6.45) is 1.08. The fourth-order valence-electron chi connectivity index (χ4n) is 1.42. The minimum atomic E-state index is 0.838. The van der Waals surface area contributed by atoms with Gasteiger partial charge < -0.3 is 11.5 Å². The van der Waals surface area contributed by atoms with Crippen LogP contribution >= 0.6 is 0 Å². The maximum absolute atomic E-state index is 5.48. The molecular weight excluding hydrogens is 208 g/mol. The highest BCUT2D eigenvalue weighted by Crippen LogP contribution is 2.05. The van der Waals surface area contributed by atoms with E-state index in [1.54, 1.807) is 0 Å². The molecule has 0 unspecified atom stereocenters. The largest absolute Gasteiger partial charge is 0.399 e. The predicted molar refractivity (Wildman–Crippen MR) is 75.8 cm³/mol. The lowest BCUT2D eigenvalue weighted by atomic mass is 10.2. The summed E-state index contributed by atoms with van der Waals surface area (Å²) in [5.41, 5.74) is 15.2. The third kappa shape index (κ3) is 5.07. The summed E-state index contributed by atoms with van der Waals surface area (Å²) in [5, 5.41) is 0. The van der Waals surface area contributed by atoms with E-state index in [4.69, 9.17) is 11.5 Å². The summed E-state index contributed by atoms with van der Waals surface area (Å²) >= 11 is 0. The van der Waals surface area contributed by atoms with Gasteiger partial charge in [-0.05, 0) is 48.7 Å². The molecule has 0 radical (unpaired) electrons. The van der Waals surface area contributed by atoms with Crippen molar-refractivity contribution in [1.29, 1.82) is 0 Å². The van der Waals surface area contributed by atoms with Gasteiger partial charge in [-0.2, -0.15) is 0 Å². The van der Waals surface area contributed by atoms with Crippen molar-refractivity contribution >= 4 is 11.4 Å². The predicted octanol–water partition coefficient (Wildman–Crippen LogP) is 3.41. The molecule has 0 bridgehead atoms. The highest BCUT2D eigenvalue weighted by Gasteiger charge is 1.85. The zero-order chi connectivity index (χ0) is 12.7. The molecule has 4 N–H and O–H groups in total. The molecular formula is C15H20N2. The van der Waals surface area contributed by atoms with Crippen LogP contribution in [-0.4, -0.2) is 0 Å². The maximum atomic E-state index is 5.48. The lowest BCUT2D eigenvalue weighted by Gasteiger charge is -1.94. The van der Waals surface area contributed by atoms with E-state index in [1.165, 1.54) is 11.1 Å². The molecule has 0 fully saturated rings. The van der Waals surface area contributed by atoms with Crippen molar-refractivity contribution in [3.05, 3.63) is 59.7 Å². The normalized spacial score (nSPS) is 9.29. The monoisotopic (exact) mass is 228 g/mol. The maximum Gasteiger partial charge on any atom is 0.0316 e. The smallest absolute Gasteiger partial charge is 0.0316 e. The lowest BCUT2D eigenvalue weighted by molar-refractivity contribution is 1.14. The van der Waals surface area contributed by atoms with Gasteiger partial charge in [0.25, 0.3) is 0 Å². The van der Waals surface area contributed by atoms with Gasteiger partial charge in [0.1, 0.15) is 0 Å². The molecule has 2 rings (SSSR count). The Bertz CT molecular complexity index is 429. The van der Waals surface area contributed by atoms with Gasteiger partial charge in [0.05, 0.1) is 0 Å². The zero-order valence-corrected chi connectivity index (χ0v) is 10.5. The molecule has 2 aromatic carbocycles. The Balaban J connectivity index is 0.000000171. The number of nitrogen functional groups attached to an aromatic ring is 2. The second kappa shape index (κ2) is 6.59. The fourth-order valence-corrected chi connectivity index (χ4v) is 1.42. The molecule has 0 aromatic heterocycles. The number of anilines is 2. The van der Waals surface area contributed by atoms with Crippen molar-refractivity contribution in [3.63, 3.8) is 0 Å². The van der Waals surface area contributed by atoms with Crippen molar-refractivity contribution < 1.29 is 0 Å². The number of nitrogens with two attached hydrogens (primary N) is 2. The van der Waals surface area contributed by atoms with Crippen molar-refractivity contribution in [3.8, 4) is 0 Å². The molecule has 0 saturated carbocycles. The summed E-state index contributed by atoms with van der Waals surface area (Å²) in [5.74, 6) is 0. The van der Waals surface area contributed by atoms with Crippen LogP contribution in [0.1, 0.15) is 18.1 Å². The Morgan fingerprint density at radius 1 is 0.882 bits per heavy atom. The van der Waals surface area contributed by atoms with E-state index in [-0.39, 0.29) is 0 Å². The first kappa shape index (κ1) is 13.1. The van der Waals surface area contributed by atoms with E-state index in [2.05, 4.69) is 19.1 Å². The van der Waals surface area contributed by atoms with Gasteiger partial charge in [-0.25, -0.2) is 0 Å². The number of hydrogen-bond acceptors (Lipinski definition) is 2. The molecule has 0 spiro atoms. The van der Waals surface area contributed by atoms with E-state index < -0.39 is 0 Å². The fraction of sp³-hybridized carbons (Fsp3) is 0.200. The second-order valence-corrected chi connectivity index (χ2v) is 4.01. The number of benzene rings is 2. The molecule has 90 valence electrons. The number of hydrogen-bond donors (Lipinski definition) is 2. The van der Waals surface area contributed by atoms with E-state index in [9.17, 15) is 0 Å². The minimum absolute atomic E-state index is 0.838. The van der Waals surface area contributed by atoms with Crippen LogP contribution in [0.4, 0.5) is 11.4 Å². The minimum Gasteiger partial charge on any atom is -0.399 e. The number of aryl methyl sites for hydroxylation is 2. The highest BCUT2D eigenvalue weighted by atomic mass is 14.5. The van der Waals surface area contributed by atoms with Crippen molar-refractivity contribution in [2.75, 3.05) is 11.5 Å². The van der Waals surface area contributed by atoms with Crippen molar-refractivity contribution in [2.24, 2.45) is 0 Å². The van der Waals surface area contributed by atoms with Crippen LogP contribution in [0.2, 0.25) is 0 Å². The third-order valence-electron chi connectivity index (χ3n) is 2.43. The Labute approximate surface area is 103 Å². The van der Waals surface area contributed by atoms with Gasteiger partial charge in [0.2, 0.25) is 0 Å². The van der Waals surface area contributed by atoms with E-state index >= 15 is 0 Å². The van der Waals surface area contributed by atoms with Crippen LogP contribution in [0.5, 0.6) is 0 Å². The first-order valence-corrected chi connectivity index (χ1v) is 5.78. The van der Waals surface area contributed by atoms with E-state index in [0.29, 0.717) is 0 Å². The average Bonchev–Trinajstić information content (AvgIpc) is 2.30. The quantitative estimate of drug-likeness (QED) is 0.735. The van der Waals surface area contributed by atoms with Crippen LogP contribution in [0.3, 0.4) is 0 Å². The molecule has 0 heterocycles. The van der Waals surface area contributed by atoms with Crippen molar-refractivity contribution in [1.82, 2.24) is 0 Å². The zero-order valence-electron chi connectivity index (χ0n) is 10.5. The summed E-state index contributed by atoms with van der Waals surface area (Å²) in [7, 11) is 0. The molecule has 2 heteroatoms. The molecule has 17 heavy (non-hydrogen) atoms. The highest BCUT2D eigenvalue weighted by molar-refractivity contribution is 5.40. The first-order chi connectivity index (χ1) is 8.11. The van der Waals surface area contributed by atoms with Crippen LogP contribution in [0.25, 0.3) is 0 Å².